The molecule has 1 saturated heterocycles. The van der Waals surface area contributed by atoms with Crippen molar-refractivity contribution >= 4 is 11.6 Å². The second-order valence-electron chi connectivity index (χ2n) is 3.85. The molecule has 0 radical (unpaired) electrons. The topological polar surface area (TPSA) is 62.7 Å². The summed E-state index contributed by atoms with van der Waals surface area (Å²) in [4.78, 5) is 16.7. The van der Waals surface area contributed by atoms with Gasteiger partial charge in [-0.3, -0.25) is 4.79 Å². The van der Waals surface area contributed by atoms with Gasteiger partial charge in [-0.1, -0.05) is 5.16 Å². The van der Waals surface area contributed by atoms with Crippen LogP contribution in [0.3, 0.4) is 0 Å². The summed E-state index contributed by atoms with van der Waals surface area (Å²) in [5.74, 6) is -0.132. The third kappa shape index (κ3) is 1.59. The molecule has 1 amide bonds. The molecule has 0 aromatic rings. The summed E-state index contributed by atoms with van der Waals surface area (Å²) in [6.07, 6.45) is 2.68. The Morgan fingerprint density at radius 1 is 1.71 bits per heavy atom. The van der Waals surface area contributed by atoms with Gasteiger partial charge in [0.05, 0.1) is 0 Å². The van der Waals surface area contributed by atoms with Crippen molar-refractivity contribution in [3.05, 3.63) is 0 Å². The second kappa shape index (κ2) is 3.57. The summed E-state index contributed by atoms with van der Waals surface area (Å²) in [7, 11) is 1.61. The molecular weight excluding hydrogens is 182 g/mol. The van der Waals surface area contributed by atoms with Gasteiger partial charge < -0.3 is 15.5 Å². The standard InChI is InChI=1S/C9H15N3O2/c1-10-8(13)7-5-9(14-12-7)3-2-4-11-6-9/h11H,2-6H2,1H3,(H,10,13). The Morgan fingerprint density at radius 3 is 3.21 bits per heavy atom. The Morgan fingerprint density at radius 2 is 2.57 bits per heavy atom. The van der Waals surface area contributed by atoms with E-state index in [2.05, 4.69) is 15.8 Å². The molecule has 0 aromatic heterocycles. The predicted molar refractivity (Wildman–Crippen MR) is 52.0 cm³/mol. The Balaban J connectivity index is 1.99. The van der Waals surface area contributed by atoms with Crippen LogP contribution in [0.25, 0.3) is 0 Å². The van der Waals surface area contributed by atoms with Gasteiger partial charge in [-0.2, -0.15) is 0 Å². The molecule has 1 unspecified atom stereocenters. The summed E-state index contributed by atoms with van der Waals surface area (Å²) in [5.41, 5.74) is 0.260. The summed E-state index contributed by atoms with van der Waals surface area (Å²) in [6.45, 7) is 1.82. The largest absolute Gasteiger partial charge is 0.387 e. The van der Waals surface area contributed by atoms with Gasteiger partial charge in [-0.25, -0.2) is 0 Å². The molecule has 2 aliphatic rings. The summed E-state index contributed by atoms with van der Waals surface area (Å²) in [6, 6.07) is 0. The Bertz CT molecular complexity index is 269. The lowest BCUT2D eigenvalue weighted by molar-refractivity contribution is -0.114. The van der Waals surface area contributed by atoms with E-state index >= 15 is 0 Å². The number of amides is 1. The van der Waals surface area contributed by atoms with Gasteiger partial charge in [0.1, 0.15) is 5.71 Å². The normalized spacial score (nSPS) is 31.1. The van der Waals surface area contributed by atoms with Crippen LogP contribution in [0.2, 0.25) is 0 Å². The van der Waals surface area contributed by atoms with Gasteiger partial charge >= 0.3 is 0 Å². The minimum Gasteiger partial charge on any atom is -0.387 e. The van der Waals surface area contributed by atoms with Crippen LogP contribution in [0.5, 0.6) is 0 Å². The van der Waals surface area contributed by atoms with Crippen LogP contribution in [-0.2, 0) is 9.63 Å². The molecule has 2 aliphatic heterocycles. The van der Waals surface area contributed by atoms with Gasteiger partial charge in [0.15, 0.2) is 5.60 Å². The first-order chi connectivity index (χ1) is 6.76. The van der Waals surface area contributed by atoms with Crippen molar-refractivity contribution in [1.29, 1.82) is 0 Å². The number of rotatable bonds is 1. The zero-order valence-electron chi connectivity index (χ0n) is 8.30. The van der Waals surface area contributed by atoms with Crippen molar-refractivity contribution in [1.82, 2.24) is 10.6 Å². The molecule has 2 N–H and O–H groups in total. The van der Waals surface area contributed by atoms with Gasteiger partial charge in [-0.05, 0) is 19.4 Å². The number of carbonyl (C=O) groups excluding carboxylic acids is 1. The van der Waals surface area contributed by atoms with Crippen molar-refractivity contribution in [2.24, 2.45) is 5.16 Å². The summed E-state index contributed by atoms with van der Waals surface area (Å²) >= 11 is 0. The molecule has 14 heavy (non-hydrogen) atoms. The fourth-order valence-electron chi connectivity index (χ4n) is 1.96. The molecule has 2 heterocycles. The third-order valence-corrected chi connectivity index (χ3v) is 2.76. The van der Waals surface area contributed by atoms with Crippen molar-refractivity contribution in [3.63, 3.8) is 0 Å². The van der Waals surface area contributed by atoms with Crippen LogP contribution in [0.4, 0.5) is 0 Å². The van der Waals surface area contributed by atoms with E-state index in [9.17, 15) is 4.79 Å². The minimum atomic E-state index is -0.250. The highest BCUT2D eigenvalue weighted by Gasteiger charge is 2.41. The molecule has 0 saturated carbocycles. The number of nitrogens with zero attached hydrogens (tertiary/aromatic N) is 1. The maximum absolute atomic E-state index is 11.3. The van der Waals surface area contributed by atoms with Gasteiger partial charge in [0.2, 0.25) is 0 Å². The van der Waals surface area contributed by atoms with E-state index < -0.39 is 0 Å². The van der Waals surface area contributed by atoms with Crippen LogP contribution in [0.15, 0.2) is 5.16 Å². The van der Waals surface area contributed by atoms with E-state index in [0.29, 0.717) is 12.1 Å². The van der Waals surface area contributed by atoms with E-state index in [4.69, 9.17) is 4.84 Å². The van der Waals surface area contributed by atoms with Crippen molar-refractivity contribution in [3.8, 4) is 0 Å². The maximum atomic E-state index is 11.3. The molecule has 0 bridgehead atoms. The van der Waals surface area contributed by atoms with Gasteiger partial charge in [0, 0.05) is 20.0 Å². The molecule has 5 nitrogen and oxygen atoms in total. The van der Waals surface area contributed by atoms with Crippen molar-refractivity contribution in [2.45, 2.75) is 24.9 Å². The number of piperidine rings is 1. The van der Waals surface area contributed by atoms with E-state index in [0.717, 1.165) is 25.9 Å². The zero-order chi connectivity index (χ0) is 10.0. The average molecular weight is 197 g/mol. The van der Waals surface area contributed by atoms with Crippen LogP contribution < -0.4 is 10.6 Å². The average Bonchev–Trinajstić information content (AvgIpc) is 2.62. The minimum absolute atomic E-state index is 0.132. The maximum Gasteiger partial charge on any atom is 0.268 e. The molecule has 1 atom stereocenters. The smallest absolute Gasteiger partial charge is 0.268 e. The van der Waals surface area contributed by atoms with E-state index in [1.54, 1.807) is 7.05 Å². The Kier molecular flexibility index (Phi) is 2.41. The molecule has 1 fully saturated rings. The highest BCUT2D eigenvalue weighted by atomic mass is 16.7. The van der Waals surface area contributed by atoms with E-state index in [-0.39, 0.29) is 11.5 Å². The Labute approximate surface area is 82.9 Å². The lowest BCUT2D eigenvalue weighted by Crippen LogP contribution is -2.46. The third-order valence-electron chi connectivity index (χ3n) is 2.76. The first-order valence-electron chi connectivity index (χ1n) is 4.94. The first-order valence-corrected chi connectivity index (χ1v) is 4.94. The number of hydrogen-bond donors (Lipinski definition) is 2. The highest BCUT2D eigenvalue weighted by molar-refractivity contribution is 6.39. The van der Waals surface area contributed by atoms with Gasteiger partial charge in [-0.15, -0.1) is 0 Å². The van der Waals surface area contributed by atoms with Crippen molar-refractivity contribution in [2.75, 3.05) is 20.1 Å². The Hall–Kier alpha value is -1.10. The monoisotopic (exact) mass is 197 g/mol. The molecule has 0 aromatic carbocycles. The zero-order valence-corrected chi connectivity index (χ0v) is 8.30. The van der Waals surface area contributed by atoms with E-state index in [1.165, 1.54) is 0 Å². The van der Waals surface area contributed by atoms with Crippen molar-refractivity contribution < 1.29 is 9.63 Å². The van der Waals surface area contributed by atoms with Crippen LogP contribution in [0, 0.1) is 0 Å². The number of nitrogens with one attached hydrogen (secondary N) is 2. The van der Waals surface area contributed by atoms with E-state index in [1.807, 2.05) is 0 Å². The van der Waals surface area contributed by atoms with Crippen LogP contribution in [-0.4, -0.2) is 37.4 Å². The summed E-state index contributed by atoms with van der Waals surface area (Å²) in [5, 5.41) is 9.67. The lowest BCUT2D eigenvalue weighted by atomic mass is 9.89. The molecule has 0 aliphatic carbocycles. The van der Waals surface area contributed by atoms with Crippen LogP contribution >= 0.6 is 0 Å². The van der Waals surface area contributed by atoms with Gasteiger partial charge in [0.25, 0.3) is 5.91 Å². The molecule has 2 rings (SSSR count). The highest BCUT2D eigenvalue weighted by Crippen LogP contribution is 2.30. The first kappa shape index (κ1) is 9.45. The number of hydrogen-bond acceptors (Lipinski definition) is 4. The SMILES string of the molecule is CNC(=O)C1=NOC2(CCCNC2)C1. The lowest BCUT2D eigenvalue weighted by Gasteiger charge is -2.30. The second-order valence-corrected chi connectivity index (χ2v) is 3.85. The molecule has 5 heteroatoms. The quantitative estimate of drug-likeness (QED) is 0.603. The summed E-state index contributed by atoms with van der Waals surface area (Å²) < 4.78 is 0. The predicted octanol–water partition coefficient (Wildman–Crippen LogP) is -0.369. The fraction of sp³-hybridized carbons (Fsp3) is 0.778. The number of oxime groups is 1. The molecular formula is C9H15N3O2. The van der Waals surface area contributed by atoms with Crippen LogP contribution in [0.1, 0.15) is 19.3 Å². The number of carbonyl (C=O) groups is 1. The fourth-order valence-corrected chi connectivity index (χ4v) is 1.96. The molecule has 1 spiro atoms. The molecule has 78 valence electrons.